The number of carbonyl (C=O) groups is 1. The number of aliphatic hydroxyl groups excluding tert-OH is 1. The Bertz CT molecular complexity index is 514. The summed E-state index contributed by atoms with van der Waals surface area (Å²) in [6.07, 6.45) is -0.722. The lowest BCUT2D eigenvalue weighted by molar-refractivity contribution is -0.122. The highest BCUT2D eigenvalue weighted by Crippen LogP contribution is 2.17. The molecule has 2 unspecified atom stereocenters. The number of carbonyl (C=O) groups excluding carboxylic acids is 1. The smallest absolute Gasteiger partial charge is 0.242 e. The fourth-order valence-corrected chi connectivity index (χ4v) is 2.42. The van der Waals surface area contributed by atoms with Crippen LogP contribution in [0.5, 0.6) is 0 Å². The Kier molecular flexibility index (Phi) is 4.68. The van der Waals surface area contributed by atoms with E-state index in [1.165, 1.54) is 11.3 Å². The molecule has 0 aliphatic heterocycles. The zero-order chi connectivity index (χ0) is 13.7. The summed E-state index contributed by atoms with van der Waals surface area (Å²) >= 11 is 1.44. The van der Waals surface area contributed by atoms with Crippen LogP contribution in [0.15, 0.2) is 47.8 Å². The third-order valence-corrected chi connectivity index (χ3v) is 3.74. The zero-order valence-corrected chi connectivity index (χ0v) is 11.1. The highest BCUT2D eigenvalue weighted by molar-refractivity contribution is 7.10. The number of rotatable bonds is 5. The quantitative estimate of drug-likeness (QED) is 0.776. The van der Waals surface area contributed by atoms with Gasteiger partial charge in [0.1, 0.15) is 6.04 Å². The van der Waals surface area contributed by atoms with Crippen LogP contribution in [-0.2, 0) is 4.79 Å². The van der Waals surface area contributed by atoms with Gasteiger partial charge in [-0.15, -0.1) is 11.3 Å². The molecule has 0 aliphatic carbocycles. The highest BCUT2D eigenvalue weighted by Gasteiger charge is 2.17. The van der Waals surface area contributed by atoms with Crippen molar-refractivity contribution in [2.24, 2.45) is 5.73 Å². The Balaban J connectivity index is 1.87. The first-order chi connectivity index (χ1) is 9.18. The molecule has 0 saturated carbocycles. The Morgan fingerprint density at radius 3 is 2.63 bits per heavy atom. The van der Waals surface area contributed by atoms with Crippen LogP contribution >= 0.6 is 11.3 Å². The first-order valence-electron chi connectivity index (χ1n) is 5.98. The van der Waals surface area contributed by atoms with Crippen LogP contribution in [-0.4, -0.2) is 17.6 Å². The number of benzene rings is 1. The largest absolute Gasteiger partial charge is 0.387 e. The van der Waals surface area contributed by atoms with Crippen molar-refractivity contribution >= 4 is 17.2 Å². The van der Waals surface area contributed by atoms with E-state index < -0.39 is 12.1 Å². The molecule has 0 aliphatic rings. The van der Waals surface area contributed by atoms with Gasteiger partial charge in [-0.1, -0.05) is 36.4 Å². The standard InChI is InChI=1S/C14H16N2O2S/c15-13(12-7-4-8-19-12)14(18)16-9-11(17)10-5-2-1-3-6-10/h1-8,11,13,17H,9,15H2,(H,16,18). The second-order valence-corrected chi connectivity index (χ2v) is 5.14. The number of hydrogen-bond donors (Lipinski definition) is 3. The van der Waals surface area contributed by atoms with Gasteiger partial charge in [0.05, 0.1) is 6.10 Å². The molecule has 4 N–H and O–H groups in total. The van der Waals surface area contributed by atoms with Crippen LogP contribution < -0.4 is 11.1 Å². The first kappa shape index (κ1) is 13.7. The molecule has 0 bridgehead atoms. The summed E-state index contributed by atoms with van der Waals surface area (Å²) in [6.45, 7) is 0.155. The van der Waals surface area contributed by atoms with E-state index in [1.807, 2.05) is 47.8 Å². The van der Waals surface area contributed by atoms with Gasteiger partial charge in [-0.2, -0.15) is 0 Å². The van der Waals surface area contributed by atoms with Gasteiger partial charge >= 0.3 is 0 Å². The lowest BCUT2D eigenvalue weighted by Crippen LogP contribution is -2.36. The summed E-state index contributed by atoms with van der Waals surface area (Å²) in [5.74, 6) is -0.280. The highest BCUT2D eigenvalue weighted by atomic mass is 32.1. The predicted molar refractivity (Wildman–Crippen MR) is 75.7 cm³/mol. The Morgan fingerprint density at radius 2 is 2.00 bits per heavy atom. The van der Waals surface area contributed by atoms with E-state index in [9.17, 15) is 9.90 Å². The SMILES string of the molecule is NC(C(=O)NCC(O)c1ccccc1)c1cccs1. The molecule has 0 saturated heterocycles. The van der Waals surface area contributed by atoms with Crippen LogP contribution in [0.3, 0.4) is 0 Å². The maximum absolute atomic E-state index is 11.8. The molecule has 100 valence electrons. The Morgan fingerprint density at radius 1 is 1.26 bits per heavy atom. The zero-order valence-electron chi connectivity index (χ0n) is 10.3. The fourth-order valence-electron chi connectivity index (χ4n) is 1.70. The van der Waals surface area contributed by atoms with E-state index in [4.69, 9.17) is 5.73 Å². The normalized spacial score (nSPS) is 13.8. The van der Waals surface area contributed by atoms with Crippen molar-refractivity contribution in [2.75, 3.05) is 6.54 Å². The summed E-state index contributed by atoms with van der Waals surface area (Å²) in [6, 6.07) is 12.2. The van der Waals surface area contributed by atoms with Crippen molar-refractivity contribution in [1.82, 2.24) is 5.32 Å². The fraction of sp³-hybridized carbons (Fsp3) is 0.214. The van der Waals surface area contributed by atoms with Crippen LogP contribution in [0.25, 0.3) is 0 Å². The Labute approximate surface area is 115 Å². The van der Waals surface area contributed by atoms with Gasteiger partial charge in [0.2, 0.25) is 5.91 Å². The van der Waals surface area contributed by atoms with E-state index in [0.29, 0.717) is 0 Å². The van der Waals surface area contributed by atoms with Gasteiger partial charge in [-0.3, -0.25) is 4.79 Å². The average Bonchev–Trinajstić information content (AvgIpc) is 2.98. The second-order valence-electron chi connectivity index (χ2n) is 4.16. The molecule has 2 atom stereocenters. The van der Waals surface area contributed by atoms with Crippen LogP contribution in [0.1, 0.15) is 22.6 Å². The van der Waals surface area contributed by atoms with Gasteiger partial charge in [0, 0.05) is 11.4 Å². The lowest BCUT2D eigenvalue weighted by atomic mass is 10.1. The number of amides is 1. The third-order valence-electron chi connectivity index (χ3n) is 2.79. The van der Waals surface area contributed by atoms with Crippen molar-refractivity contribution in [1.29, 1.82) is 0 Å². The van der Waals surface area contributed by atoms with E-state index in [1.54, 1.807) is 0 Å². The molecule has 0 fully saturated rings. The maximum atomic E-state index is 11.8. The van der Waals surface area contributed by atoms with Crippen molar-refractivity contribution < 1.29 is 9.90 Å². The van der Waals surface area contributed by atoms with Gasteiger partial charge in [-0.25, -0.2) is 0 Å². The topological polar surface area (TPSA) is 75.4 Å². The third kappa shape index (κ3) is 3.64. The summed E-state index contributed by atoms with van der Waals surface area (Å²) in [5.41, 5.74) is 6.60. The van der Waals surface area contributed by atoms with Crippen molar-refractivity contribution in [2.45, 2.75) is 12.1 Å². The monoisotopic (exact) mass is 276 g/mol. The summed E-state index contributed by atoms with van der Waals surface area (Å²) < 4.78 is 0. The van der Waals surface area contributed by atoms with Gasteiger partial charge in [-0.05, 0) is 17.0 Å². The average molecular weight is 276 g/mol. The molecule has 19 heavy (non-hydrogen) atoms. The summed E-state index contributed by atoms with van der Waals surface area (Å²) in [4.78, 5) is 12.6. The van der Waals surface area contributed by atoms with Crippen LogP contribution in [0.4, 0.5) is 0 Å². The molecular formula is C14H16N2O2S. The predicted octanol–water partition coefficient (Wildman–Crippen LogP) is 1.60. The molecule has 5 heteroatoms. The number of nitrogens with one attached hydrogen (secondary N) is 1. The van der Waals surface area contributed by atoms with Crippen molar-refractivity contribution in [3.63, 3.8) is 0 Å². The van der Waals surface area contributed by atoms with E-state index in [0.717, 1.165) is 10.4 Å². The molecule has 1 aromatic heterocycles. The number of thiophene rings is 1. The minimum Gasteiger partial charge on any atom is -0.387 e. The molecular weight excluding hydrogens is 260 g/mol. The van der Waals surface area contributed by atoms with Crippen LogP contribution in [0.2, 0.25) is 0 Å². The molecule has 2 aromatic rings. The molecule has 2 rings (SSSR count). The van der Waals surface area contributed by atoms with E-state index in [-0.39, 0.29) is 12.5 Å². The number of nitrogens with two attached hydrogens (primary N) is 1. The molecule has 1 amide bonds. The minimum absolute atomic E-state index is 0.155. The summed E-state index contributed by atoms with van der Waals surface area (Å²) in [7, 11) is 0. The number of hydrogen-bond acceptors (Lipinski definition) is 4. The molecule has 4 nitrogen and oxygen atoms in total. The summed E-state index contributed by atoms with van der Waals surface area (Å²) in [5, 5.41) is 14.5. The Hall–Kier alpha value is -1.69. The molecule has 0 radical (unpaired) electrons. The number of aliphatic hydroxyl groups is 1. The van der Waals surface area contributed by atoms with Gasteiger partial charge in [0.25, 0.3) is 0 Å². The lowest BCUT2D eigenvalue weighted by Gasteiger charge is -2.14. The molecule has 1 heterocycles. The van der Waals surface area contributed by atoms with Gasteiger partial charge in [0.15, 0.2) is 0 Å². The van der Waals surface area contributed by atoms with E-state index in [2.05, 4.69) is 5.32 Å². The minimum atomic E-state index is -0.722. The maximum Gasteiger partial charge on any atom is 0.242 e. The van der Waals surface area contributed by atoms with E-state index >= 15 is 0 Å². The second kappa shape index (κ2) is 6.47. The molecule has 1 aromatic carbocycles. The van der Waals surface area contributed by atoms with Crippen molar-refractivity contribution in [3.05, 3.63) is 58.3 Å². The van der Waals surface area contributed by atoms with Gasteiger partial charge < -0.3 is 16.2 Å². The van der Waals surface area contributed by atoms with Crippen LogP contribution in [0, 0.1) is 0 Å². The molecule has 0 spiro atoms. The van der Waals surface area contributed by atoms with Crippen molar-refractivity contribution in [3.8, 4) is 0 Å². The first-order valence-corrected chi connectivity index (χ1v) is 6.86.